The molecule has 0 aliphatic rings. The zero-order valence-electron chi connectivity index (χ0n) is 28.7. The fourth-order valence-electron chi connectivity index (χ4n) is 7.82. The summed E-state index contributed by atoms with van der Waals surface area (Å²) in [7, 11) is -6.86. The Morgan fingerprint density at radius 1 is 0.434 bits per heavy atom. The summed E-state index contributed by atoms with van der Waals surface area (Å²) in [6.45, 7) is 0. The van der Waals surface area contributed by atoms with Gasteiger partial charge in [0.15, 0.2) is 13.1 Å². The monoisotopic (exact) mass is 718 g/mol. The third kappa shape index (κ3) is 5.51. The summed E-state index contributed by atoms with van der Waals surface area (Å²) >= 11 is 0. The highest BCUT2D eigenvalue weighted by Gasteiger charge is 2.42. The van der Waals surface area contributed by atoms with Gasteiger partial charge in [0, 0.05) is 22.0 Å². The molecule has 9 rings (SSSR count). The fraction of sp³-hybridized carbons (Fsp3) is 0. The predicted octanol–water partition coefficient (Wildman–Crippen LogP) is 8.06. The SMILES string of the molecule is O=S(=O)(c1ccccc1)c1cccc(-c2cc(-n3c4ccccc4c4ccccc43)cc([Si](c3ccccc3)(c3ccccc3)c3ccccc3)c2)n1. The van der Waals surface area contributed by atoms with Crippen LogP contribution in [0.2, 0.25) is 0 Å². The minimum atomic E-state index is -3.86. The van der Waals surface area contributed by atoms with Crippen molar-refractivity contribution in [2.45, 2.75) is 9.92 Å². The van der Waals surface area contributed by atoms with Crippen LogP contribution >= 0.6 is 0 Å². The van der Waals surface area contributed by atoms with Crippen molar-refractivity contribution in [2.24, 2.45) is 0 Å². The van der Waals surface area contributed by atoms with Crippen molar-refractivity contribution in [3.8, 4) is 16.9 Å². The van der Waals surface area contributed by atoms with Crippen LogP contribution in [0.1, 0.15) is 0 Å². The highest BCUT2D eigenvalue weighted by Crippen LogP contribution is 2.33. The third-order valence-electron chi connectivity index (χ3n) is 10.2. The fourth-order valence-corrected chi connectivity index (χ4v) is 13.9. The van der Waals surface area contributed by atoms with Crippen LogP contribution < -0.4 is 20.7 Å². The van der Waals surface area contributed by atoms with Gasteiger partial charge in [0.2, 0.25) is 9.84 Å². The number of rotatable bonds is 8. The van der Waals surface area contributed by atoms with Crippen molar-refractivity contribution >= 4 is 60.5 Å². The second-order valence-electron chi connectivity index (χ2n) is 13.2. The van der Waals surface area contributed by atoms with Gasteiger partial charge in [-0.05, 0) is 69.3 Å². The molecule has 2 aromatic heterocycles. The van der Waals surface area contributed by atoms with E-state index in [-0.39, 0.29) is 9.92 Å². The van der Waals surface area contributed by atoms with Crippen molar-refractivity contribution in [3.63, 3.8) is 0 Å². The number of fused-ring (bicyclic) bond motifs is 3. The maximum absolute atomic E-state index is 13.9. The Morgan fingerprint density at radius 3 is 1.43 bits per heavy atom. The molecule has 6 heteroatoms. The van der Waals surface area contributed by atoms with Gasteiger partial charge >= 0.3 is 0 Å². The normalized spacial score (nSPS) is 11.9. The van der Waals surface area contributed by atoms with Crippen LogP contribution in [0.25, 0.3) is 38.8 Å². The van der Waals surface area contributed by atoms with Crippen LogP contribution in [-0.4, -0.2) is 26.0 Å². The molecule has 0 aliphatic carbocycles. The van der Waals surface area contributed by atoms with Gasteiger partial charge in [-0.3, -0.25) is 0 Å². The Labute approximate surface area is 310 Å². The minimum Gasteiger partial charge on any atom is -0.309 e. The van der Waals surface area contributed by atoms with Gasteiger partial charge in [-0.25, -0.2) is 13.4 Å². The molecule has 0 spiro atoms. The van der Waals surface area contributed by atoms with Crippen LogP contribution in [0, 0.1) is 0 Å². The second kappa shape index (κ2) is 13.3. The maximum atomic E-state index is 13.9. The standard InChI is InChI=1S/C47H34N2O2SSi/c50-52(51,37-18-5-1-6-19-37)47-31-17-28-44(48-47)35-32-36(49-45-29-15-13-26-42(45)43-27-14-16-30-46(43)49)34-41(33-35)53(38-20-7-2-8-21-38,39-22-9-3-10-23-39)40-24-11-4-12-25-40/h1-34H. The van der Waals surface area contributed by atoms with Crippen LogP contribution in [-0.2, 0) is 9.84 Å². The van der Waals surface area contributed by atoms with Gasteiger partial charge in [0.25, 0.3) is 0 Å². The summed E-state index contributed by atoms with van der Waals surface area (Å²) in [6.07, 6.45) is 0. The number of nitrogens with zero attached hydrogens (tertiary/aromatic N) is 2. The third-order valence-corrected chi connectivity index (χ3v) is 16.6. The smallest absolute Gasteiger partial charge is 0.223 e. The molecular weight excluding hydrogens is 685 g/mol. The van der Waals surface area contributed by atoms with E-state index >= 15 is 0 Å². The van der Waals surface area contributed by atoms with Gasteiger partial charge in [-0.2, -0.15) is 0 Å². The summed E-state index contributed by atoms with van der Waals surface area (Å²) in [5.74, 6) is 0. The lowest BCUT2D eigenvalue weighted by Gasteiger charge is -2.35. The summed E-state index contributed by atoms with van der Waals surface area (Å²) in [6, 6.07) is 70.1. The number of para-hydroxylation sites is 2. The Hall–Kier alpha value is -6.34. The molecule has 0 atom stereocenters. The Bertz CT molecular complexity index is 2690. The molecule has 0 aliphatic heterocycles. The van der Waals surface area contributed by atoms with Crippen molar-refractivity contribution in [3.05, 3.63) is 206 Å². The Morgan fingerprint density at radius 2 is 0.906 bits per heavy atom. The summed E-state index contributed by atoms with van der Waals surface area (Å²) in [5.41, 5.74) is 4.59. The average Bonchev–Trinajstić information content (AvgIpc) is 3.57. The van der Waals surface area contributed by atoms with Gasteiger partial charge in [-0.15, -0.1) is 0 Å². The highest BCUT2D eigenvalue weighted by atomic mass is 32.2. The molecular formula is C47H34N2O2SSi. The molecule has 0 unspecified atom stereocenters. The Kier molecular flexibility index (Phi) is 8.19. The quantitative estimate of drug-likeness (QED) is 0.118. The van der Waals surface area contributed by atoms with Crippen LogP contribution in [0.5, 0.6) is 0 Å². The number of hydrogen-bond donors (Lipinski definition) is 0. The van der Waals surface area contributed by atoms with Crippen molar-refractivity contribution in [1.29, 1.82) is 0 Å². The molecule has 0 saturated heterocycles. The van der Waals surface area contributed by atoms with E-state index in [9.17, 15) is 8.42 Å². The van der Waals surface area contributed by atoms with E-state index in [0.717, 1.165) is 27.5 Å². The topological polar surface area (TPSA) is 52.0 Å². The van der Waals surface area contributed by atoms with E-state index in [0.29, 0.717) is 5.69 Å². The largest absolute Gasteiger partial charge is 0.309 e. The maximum Gasteiger partial charge on any atom is 0.223 e. The van der Waals surface area contributed by atoms with Crippen molar-refractivity contribution in [2.75, 3.05) is 0 Å². The molecule has 0 N–H and O–H groups in total. The summed E-state index contributed by atoms with van der Waals surface area (Å²) in [5, 5.41) is 7.25. The molecule has 0 saturated carbocycles. The Balaban J connectivity index is 1.40. The molecule has 9 aromatic rings. The van der Waals surface area contributed by atoms with E-state index in [4.69, 9.17) is 4.98 Å². The van der Waals surface area contributed by atoms with E-state index in [1.54, 1.807) is 36.4 Å². The first kappa shape index (κ1) is 32.6. The first-order chi connectivity index (χ1) is 26.0. The molecule has 0 radical (unpaired) electrons. The number of benzene rings is 7. The lowest BCUT2D eigenvalue weighted by atomic mass is 10.1. The number of aromatic nitrogens is 2. The van der Waals surface area contributed by atoms with E-state index < -0.39 is 17.9 Å². The van der Waals surface area contributed by atoms with Crippen molar-refractivity contribution in [1.82, 2.24) is 9.55 Å². The van der Waals surface area contributed by atoms with Crippen molar-refractivity contribution < 1.29 is 8.42 Å². The lowest BCUT2D eigenvalue weighted by Crippen LogP contribution is -2.74. The number of hydrogen-bond acceptors (Lipinski definition) is 3. The lowest BCUT2D eigenvalue weighted by molar-refractivity contribution is 0.592. The average molecular weight is 719 g/mol. The molecule has 254 valence electrons. The zero-order chi connectivity index (χ0) is 35.8. The zero-order valence-corrected chi connectivity index (χ0v) is 30.6. The van der Waals surface area contributed by atoms with Crippen LogP contribution in [0.3, 0.4) is 0 Å². The number of pyridine rings is 1. The number of sulfone groups is 1. The minimum absolute atomic E-state index is 0.0164. The molecule has 2 heterocycles. The van der Waals surface area contributed by atoms with Crippen LogP contribution in [0.4, 0.5) is 0 Å². The molecule has 0 fully saturated rings. The van der Waals surface area contributed by atoms with E-state index in [1.807, 2.05) is 12.1 Å². The van der Waals surface area contributed by atoms with Gasteiger partial charge in [-0.1, -0.05) is 158 Å². The highest BCUT2D eigenvalue weighted by molar-refractivity contribution is 7.91. The predicted molar refractivity (Wildman–Crippen MR) is 220 cm³/mol. The first-order valence-electron chi connectivity index (χ1n) is 17.6. The van der Waals surface area contributed by atoms with E-state index in [1.165, 1.54) is 26.3 Å². The van der Waals surface area contributed by atoms with Gasteiger partial charge in [0.1, 0.15) is 0 Å². The molecule has 4 nitrogen and oxygen atoms in total. The van der Waals surface area contributed by atoms with Gasteiger partial charge in [0.05, 0.1) is 21.6 Å². The molecule has 0 bridgehead atoms. The van der Waals surface area contributed by atoms with Crippen LogP contribution in [0.15, 0.2) is 216 Å². The first-order valence-corrected chi connectivity index (χ1v) is 21.1. The summed E-state index contributed by atoms with van der Waals surface area (Å²) < 4.78 is 30.1. The molecule has 0 amide bonds. The summed E-state index contributed by atoms with van der Waals surface area (Å²) in [4.78, 5) is 5.11. The molecule has 7 aromatic carbocycles. The second-order valence-corrected chi connectivity index (χ2v) is 18.9. The molecule has 53 heavy (non-hydrogen) atoms. The van der Waals surface area contributed by atoms with E-state index in [2.05, 4.69) is 162 Å². The van der Waals surface area contributed by atoms with Gasteiger partial charge < -0.3 is 4.57 Å².